The van der Waals surface area contributed by atoms with E-state index in [0.29, 0.717) is 11.8 Å². The molecule has 1 amide bonds. The van der Waals surface area contributed by atoms with E-state index in [-0.39, 0.29) is 11.9 Å². The lowest BCUT2D eigenvalue weighted by molar-refractivity contribution is 0.0139. The summed E-state index contributed by atoms with van der Waals surface area (Å²) in [6, 6.07) is 5.17. The molecule has 1 atom stereocenters. The monoisotopic (exact) mass is 432 g/mol. The lowest BCUT2D eigenvalue weighted by Crippen LogP contribution is -2.46. The molecular weight excluding hydrogens is 399 g/mol. The van der Waals surface area contributed by atoms with Gasteiger partial charge in [-0.2, -0.15) is 0 Å². The van der Waals surface area contributed by atoms with E-state index < -0.39 is 5.60 Å². The number of hydrogen-bond acceptors (Lipinski definition) is 4. The van der Waals surface area contributed by atoms with Gasteiger partial charge < -0.3 is 14.5 Å². The van der Waals surface area contributed by atoms with E-state index in [1.54, 1.807) is 23.5 Å². The Balaban J connectivity index is 1.29. The second-order valence-corrected chi connectivity index (χ2v) is 10.8. The van der Waals surface area contributed by atoms with Crippen LogP contribution >= 0.6 is 11.3 Å². The fourth-order valence-electron chi connectivity index (χ4n) is 4.84. The number of thiophene rings is 1. The summed E-state index contributed by atoms with van der Waals surface area (Å²) < 4.78 is 20.1. The zero-order valence-electron chi connectivity index (χ0n) is 18.3. The van der Waals surface area contributed by atoms with Crippen molar-refractivity contribution in [1.29, 1.82) is 0 Å². The van der Waals surface area contributed by atoms with Crippen LogP contribution in [0.1, 0.15) is 57.9 Å². The normalized spacial score (nSPS) is 21.9. The number of likely N-dealkylation sites (tertiary alicyclic amines) is 2. The predicted molar refractivity (Wildman–Crippen MR) is 121 cm³/mol. The number of fused-ring (bicyclic) bond motifs is 1. The van der Waals surface area contributed by atoms with Crippen molar-refractivity contribution < 1.29 is 13.9 Å². The maximum atomic E-state index is 13.5. The summed E-state index contributed by atoms with van der Waals surface area (Å²) in [7, 11) is 0. The van der Waals surface area contributed by atoms with Gasteiger partial charge in [0.1, 0.15) is 11.4 Å². The van der Waals surface area contributed by atoms with Crippen LogP contribution in [0.5, 0.6) is 0 Å². The molecule has 2 aromatic rings. The number of nitrogens with zero attached hydrogens (tertiary/aromatic N) is 2. The number of halogens is 1. The van der Waals surface area contributed by atoms with Crippen molar-refractivity contribution in [2.45, 2.75) is 58.0 Å². The van der Waals surface area contributed by atoms with Crippen LogP contribution in [0.15, 0.2) is 23.6 Å². The summed E-state index contributed by atoms with van der Waals surface area (Å²) in [5, 5.41) is 3.45. The maximum Gasteiger partial charge on any atom is 0.410 e. The lowest BCUT2D eigenvalue weighted by Gasteiger charge is -2.38. The van der Waals surface area contributed by atoms with Gasteiger partial charge in [-0.15, -0.1) is 11.3 Å². The molecule has 6 heteroatoms. The van der Waals surface area contributed by atoms with Crippen molar-refractivity contribution in [1.82, 2.24) is 9.80 Å². The highest BCUT2D eigenvalue weighted by Crippen LogP contribution is 2.37. The number of hydrogen-bond donors (Lipinski definition) is 0. The van der Waals surface area contributed by atoms with Crippen molar-refractivity contribution in [3.63, 3.8) is 0 Å². The van der Waals surface area contributed by atoms with Crippen molar-refractivity contribution in [2.75, 3.05) is 32.7 Å². The first-order chi connectivity index (χ1) is 14.3. The molecule has 1 aromatic heterocycles. The Kier molecular flexibility index (Phi) is 6.35. The van der Waals surface area contributed by atoms with Gasteiger partial charge in [-0.3, -0.25) is 0 Å². The van der Waals surface area contributed by atoms with E-state index in [1.807, 2.05) is 31.7 Å². The number of ether oxygens (including phenoxy) is 1. The Morgan fingerprint density at radius 2 is 1.97 bits per heavy atom. The van der Waals surface area contributed by atoms with Crippen molar-refractivity contribution >= 4 is 27.5 Å². The van der Waals surface area contributed by atoms with E-state index in [1.165, 1.54) is 17.4 Å². The zero-order chi connectivity index (χ0) is 21.3. The van der Waals surface area contributed by atoms with Crippen LogP contribution in [0, 0.1) is 11.7 Å². The van der Waals surface area contributed by atoms with E-state index >= 15 is 0 Å². The maximum absolute atomic E-state index is 13.5. The standard InChI is InChI=1S/C24H33FN2O2S/c1-24(2,3)29-23(28)27-10-4-5-17(15-27)14-26-11-8-18(9-12-26)21-16-30-22-13-19(25)6-7-20(21)22/h6-7,13,16-18H,4-5,8-12,14-15H2,1-3H3. The fourth-order valence-corrected chi connectivity index (χ4v) is 5.90. The molecule has 3 heterocycles. The Morgan fingerprint density at radius 3 is 2.70 bits per heavy atom. The third-order valence-electron chi connectivity index (χ3n) is 6.28. The SMILES string of the molecule is CC(C)(C)OC(=O)N1CCCC(CN2CCC(c3csc4cc(F)ccc34)CC2)C1. The first-order valence-corrected chi connectivity index (χ1v) is 12.0. The number of carbonyl (C=O) groups is 1. The van der Waals surface area contributed by atoms with E-state index in [9.17, 15) is 9.18 Å². The highest BCUT2D eigenvalue weighted by Gasteiger charge is 2.30. The third kappa shape index (κ3) is 5.14. The van der Waals surface area contributed by atoms with Gasteiger partial charge in [0.15, 0.2) is 0 Å². The van der Waals surface area contributed by atoms with E-state index in [4.69, 9.17) is 4.74 Å². The number of rotatable bonds is 3. The van der Waals surface area contributed by atoms with Gasteiger partial charge in [-0.25, -0.2) is 9.18 Å². The number of benzene rings is 1. The Hall–Kier alpha value is -1.66. The molecule has 2 saturated heterocycles. The summed E-state index contributed by atoms with van der Waals surface area (Å²) in [5.41, 5.74) is 0.951. The van der Waals surface area contributed by atoms with E-state index in [0.717, 1.165) is 56.7 Å². The zero-order valence-corrected chi connectivity index (χ0v) is 19.1. The first kappa shape index (κ1) is 21.6. The second kappa shape index (κ2) is 8.83. The van der Waals surface area contributed by atoms with Crippen LogP contribution in [0.4, 0.5) is 9.18 Å². The van der Waals surface area contributed by atoms with Crippen LogP contribution < -0.4 is 0 Å². The van der Waals surface area contributed by atoms with Gasteiger partial charge in [0.25, 0.3) is 0 Å². The average Bonchev–Trinajstić information content (AvgIpc) is 3.10. The molecule has 0 radical (unpaired) electrons. The van der Waals surface area contributed by atoms with Crippen LogP contribution in [0.2, 0.25) is 0 Å². The van der Waals surface area contributed by atoms with Crippen LogP contribution in [0.25, 0.3) is 10.1 Å². The Bertz CT molecular complexity index is 883. The molecule has 30 heavy (non-hydrogen) atoms. The molecule has 4 nitrogen and oxygen atoms in total. The van der Waals surface area contributed by atoms with Crippen LogP contribution in [-0.4, -0.2) is 54.2 Å². The molecule has 1 unspecified atom stereocenters. The molecule has 2 aliphatic rings. The number of carbonyl (C=O) groups excluding carboxylic acids is 1. The number of piperidine rings is 2. The molecule has 0 aliphatic carbocycles. The van der Waals surface area contributed by atoms with Crippen molar-refractivity contribution in [2.24, 2.45) is 5.92 Å². The quantitative estimate of drug-likeness (QED) is 0.608. The highest BCUT2D eigenvalue weighted by molar-refractivity contribution is 7.17. The van der Waals surface area contributed by atoms with E-state index in [2.05, 4.69) is 10.3 Å². The minimum absolute atomic E-state index is 0.154. The Morgan fingerprint density at radius 1 is 1.20 bits per heavy atom. The summed E-state index contributed by atoms with van der Waals surface area (Å²) in [6.45, 7) is 10.6. The van der Waals surface area contributed by atoms with Gasteiger partial charge in [-0.1, -0.05) is 6.07 Å². The lowest BCUT2D eigenvalue weighted by atomic mass is 9.88. The fraction of sp³-hybridized carbons (Fsp3) is 0.625. The number of amides is 1. The molecule has 0 saturated carbocycles. The molecule has 0 N–H and O–H groups in total. The molecule has 2 fully saturated rings. The largest absolute Gasteiger partial charge is 0.444 e. The molecule has 0 bridgehead atoms. The minimum atomic E-state index is -0.441. The third-order valence-corrected chi connectivity index (χ3v) is 7.25. The van der Waals surface area contributed by atoms with Crippen LogP contribution in [0.3, 0.4) is 0 Å². The van der Waals surface area contributed by atoms with Crippen LogP contribution in [-0.2, 0) is 4.74 Å². The molecule has 1 aromatic carbocycles. The summed E-state index contributed by atoms with van der Waals surface area (Å²) >= 11 is 1.65. The molecular formula is C24H33FN2O2S. The topological polar surface area (TPSA) is 32.8 Å². The van der Waals surface area contributed by atoms with Gasteiger partial charge in [0, 0.05) is 24.3 Å². The molecule has 2 aliphatic heterocycles. The molecule has 0 spiro atoms. The second-order valence-electron chi connectivity index (χ2n) is 9.84. The first-order valence-electron chi connectivity index (χ1n) is 11.2. The van der Waals surface area contributed by atoms with Gasteiger partial charge in [0.05, 0.1) is 0 Å². The molecule has 4 rings (SSSR count). The smallest absolute Gasteiger partial charge is 0.410 e. The highest BCUT2D eigenvalue weighted by atomic mass is 32.1. The van der Waals surface area contributed by atoms with Gasteiger partial charge in [-0.05, 0) is 99.8 Å². The van der Waals surface area contributed by atoms with Gasteiger partial charge >= 0.3 is 6.09 Å². The summed E-state index contributed by atoms with van der Waals surface area (Å²) in [6.07, 6.45) is 4.35. The minimum Gasteiger partial charge on any atom is -0.444 e. The summed E-state index contributed by atoms with van der Waals surface area (Å²) in [5.74, 6) is 0.927. The predicted octanol–water partition coefficient (Wildman–Crippen LogP) is 5.87. The van der Waals surface area contributed by atoms with Crippen molar-refractivity contribution in [3.05, 3.63) is 35.0 Å². The summed E-state index contributed by atoms with van der Waals surface area (Å²) in [4.78, 5) is 16.9. The molecule has 164 valence electrons. The average molecular weight is 433 g/mol. The van der Waals surface area contributed by atoms with Crippen molar-refractivity contribution in [3.8, 4) is 0 Å². The van der Waals surface area contributed by atoms with Gasteiger partial charge in [0.2, 0.25) is 0 Å². The Labute approximate surface area is 183 Å².